The van der Waals surface area contributed by atoms with Crippen molar-refractivity contribution in [1.29, 1.82) is 0 Å². The van der Waals surface area contributed by atoms with E-state index in [9.17, 15) is 22.4 Å². The summed E-state index contributed by atoms with van der Waals surface area (Å²) in [5.41, 5.74) is 1.48. The zero-order chi connectivity index (χ0) is 23.6. The van der Waals surface area contributed by atoms with Crippen molar-refractivity contribution >= 4 is 26.8 Å². The molecule has 1 fully saturated rings. The number of hydrogen-bond donors (Lipinski definition) is 0. The molecule has 1 aliphatic heterocycles. The third-order valence-corrected chi connectivity index (χ3v) is 7.82. The van der Waals surface area contributed by atoms with Gasteiger partial charge >= 0.3 is 0 Å². The summed E-state index contributed by atoms with van der Waals surface area (Å²) in [4.78, 5) is 30.9. The Morgan fingerprint density at radius 3 is 2.52 bits per heavy atom. The van der Waals surface area contributed by atoms with E-state index in [0.29, 0.717) is 23.9 Å². The van der Waals surface area contributed by atoms with Gasteiger partial charge in [-0.3, -0.25) is 14.2 Å². The maximum absolute atomic E-state index is 14.0. The second-order valence-electron chi connectivity index (χ2n) is 8.03. The molecule has 0 saturated carbocycles. The molecule has 0 atom stereocenters. The van der Waals surface area contributed by atoms with Gasteiger partial charge in [0.05, 0.1) is 17.2 Å². The van der Waals surface area contributed by atoms with E-state index in [1.54, 1.807) is 11.0 Å². The molecule has 0 radical (unpaired) electrons. The fraction of sp³-hybridized carbons (Fsp3) is 0.348. The number of carbonyl (C=O) groups is 1. The van der Waals surface area contributed by atoms with Crippen LogP contribution in [-0.2, 0) is 21.4 Å². The number of benzene rings is 2. The minimum atomic E-state index is -3.95. The minimum absolute atomic E-state index is 0.101. The summed E-state index contributed by atoms with van der Waals surface area (Å²) in [6, 6.07) is 10.7. The van der Waals surface area contributed by atoms with Gasteiger partial charge in [0.2, 0.25) is 15.9 Å². The van der Waals surface area contributed by atoms with Gasteiger partial charge in [-0.1, -0.05) is 24.3 Å². The lowest BCUT2D eigenvalue weighted by Crippen LogP contribution is -2.50. The summed E-state index contributed by atoms with van der Waals surface area (Å²) in [5.74, 6) is -0.889. The number of amides is 1. The normalized spacial score (nSPS) is 15.2. The lowest BCUT2D eigenvalue weighted by Gasteiger charge is -2.34. The molecule has 1 saturated heterocycles. The lowest BCUT2D eigenvalue weighted by molar-refractivity contribution is -0.132. The highest BCUT2D eigenvalue weighted by molar-refractivity contribution is 7.89. The summed E-state index contributed by atoms with van der Waals surface area (Å²) < 4.78 is 42.1. The molecule has 3 aromatic rings. The van der Waals surface area contributed by atoms with Gasteiger partial charge in [0.25, 0.3) is 5.56 Å². The molecule has 0 bridgehead atoms. The van der Waals surface area contributed by atoms with E-state index in [4.69, 9.17) is 0 Å². The zero-order valence-electron chi connectivity index (χ0n) is 18.3. The number of rotatable bonds is 6. The van der Waals surface area contributed by atoms with Gasteiger partial charge in [-0.05, 0) is 37.1 Å². The van der Waals surface area contributed by atoms with Gasteiger partial charge in [-0.2, -0.15) is 4.31 Å². The van der Waals surface area contributed by atoms with Crippen LogP contribution in [0.1, 0.15) is 18.4 Å². The number of hydrogen-bond acceptors (Lipinski definition) is 5. The Bertz CT molecular complexity index is 1350. The largest absolute Gasteiger partial charge is 0.340 e. The van der Waals surface area contributed by atoms with Crippen LogP contribution >= 0.6 is 0 Å². The summed E-state index contributed by atoms with van der Waals surface area (Å²) in [6.45, 7) is 2.96. The molecule has 2 aromatic carbocycles. The van der Waals surface area contributed by atoms with Crippen LogP contribution in [-0.4, -0.2) is 59.3 Å². The topological polar surface area (TPSA) is 92.6 Å². The maximum Gasteiger partial charge on any atom is 0.261 e. The molecule has 1 aliphatic rings. The van der Waals surface area contributed by atoms with E-state index in [0.717, 1.165) is 11.6 Å². The van der Waals surface area contributed by atoms with Crippen molar-refractivity contribution in [3.05, 3.63) is 70.5 Å². The van der Waals surface area contributed by atoms with Crippen LogP contribution in [0, 0.1) is 12.7 Å². The maximum atomic E-state index is 14.0. The highest BCUT2D eigenvalue weighted by atomic mass is 32.2. The predicted octanol–water partition coefficient (Wildman–Crippen LogP) is 2.16. The zero-order valence-corrected chi connectivity index (χ0v) is 19.1. The lowest BCUT2D eigenvalue weighted by atomic mass is 10.1. The van der Waals surface area contributed by atoms with Crippen molar-refractivity contribution in [3.8, 4) is 0 Å². The molecule has 10 heteroatoms. The molecule has 0 N–H and O–H groups in total. The highest BCUT2D eigenvalue weighted by Crippen LogP contribution is 2.20. The van der Waals surface area contributed by atoms with Crippen LogP contribution < -0.4 is 5.56 Å². The van der Waals surface area contributed by atoms with Gasteiger partial charge in [0.1, 0.15) is 10.7 Å². The first-order valence-corrected chi connectivity index (χ1v) is 12.2. The Kier molecular flexibility index (Phi) is 6.57. The Hall–Kier alpha value is -3.11. The number of aryl methyl sites for hydroxylation is 2. The van der Waals surface area contributed by atoms with E-state index in [1.807, 2.05) is 19.1 Å². The number of para-hydroxylation sites is 1. The van der Waals surface area contributed by atoms with Gasteiger partial charge < -0.3 is 4.90 Å². The number of fused-ring (bicyclic) bond motifs is 1. The molecule has 0 spiro atoms. The Morgan fingerprint density at radius 1 is 1.06 bits per heavy atom. The molecule has 0 aliphatic carbocycles. The van der Waals surface area contributed by atoms with Crippen molar-refractivity contribution in [2.45, 2.75) is 31.2 Å². The number of halogens is 1. The fourth-order valence-corrected chi connectivity index (χ4v) is 5.51. The smallest absolute Gasteiger partial charge is 0.261 e. The quantitative estimate of drug-likeness (QED) is 0.548. The first kappa shape index (κ1) is 23.1. The average molecular weight is 473 g/mol. The molecular formula is C23H25FN4O4S. The summed E-state index contributed by atoms with van der Waals surface area (Å²) in [5, 5.41) is 0.552. The third-order valence-electron chi connectivity index (χ3n) is 5.89. The van der Waals surface area contributed by atoms with E-state index >= 15 is 0 Å². The van der Waals surface area contributed by atoms with Gasteiger partial charge in [-0.15, -0.1) is 0 Å². The van der Waals surface area contributed by atoms with Crippen LogP contribution in [0.4, 0.5) is 4.39 Å². The summed E-state index contributed by atoms with van der Waals surface area (Å²) in [6.07, 6.45) is 2.21. The molecule has 1 amide bonds. The van der Waals surface area contributed by atoms with E-state index < -0.39 is 15.8 Å². The standard InChI is InChI=1S/C23H25FN4O4S/c1-17-6-4-7-18-22(17)25-16-27(23(18)30)11-5-10-21(29)26-12-14-28(15-13-26)33(31,32)20-9-3-2-8-19(20)24/h2-4,6-9,16H,5,10-15H2,1H3. The Labute approximate surface area is 191 Å². The van der Waals surface area contributed by atoms with Crippen LogP contribution in [0.25, 0.3) is 10.9 Å². The number of aromatic nitrogens is 2. The Balaban J connectivity index is 1.32. The number of sulfonamides is 1. The van der Waals surface area contributed by atoms with Crippen molar-refractivity contribution in [2.75, 3.05) is 26.2 Å². The molecule has 174 valence electrons. The first-order valence-electron chi connectivity index (χ1n) is 10.8. The van der Waals surface area contributed by atoms with E-state index in [-0.39, 0.29) is 49.0 Å². The molecule has 4 rings (SSSR count). The molecule has 0 unspecified atom stereocenters. The van der Waals surface area contributed by atoms with Gasteiger partial charge in [0.15, 0.2) is 0 Å². The first-order chi connectivity index (χ1) is 15.8. The second kappa shape index (κ2) is 9.40. The molecule has 33 heavy (non-hydrogen) atoms. The number of carbonyl (C=O) groups excluding carboxylic acids is 1. The molecule has 2 heterocycles. The average Bonchev–Trinajstić information content (AvgIpc) is 2.81. The van der Waals surface area contributed by atoms with Crippen molar-refractivity contribution in [1.82, 2.24) is 18.8 Å². The van der Waals surface area contributed by atoms with E-state index in [1.165, 1.54) is 33.4 Å². The van der Waals surface area contributed by atoms with Crippen molar-refractivity contribution < 1.29 is 17.6 Å². The van der Waals surface area contributed by atoms with E-state index in [2.05, 4.69) is 4.98 Å². The Morgan fingerprint density at radius 2 is 1.79 bits per heavy atom. The van der Waals surface area contributed by atoms with Crippen molar-refractivity contribution in [2.24, 2.45) is 0 Å². The highest BCUT2D eigenvalue weighted by Gasteiger charge is 2.31. The van der Waals surface area contributed by atoms with Crippen LogP contribution in [0.5, 0.6) is 0 Å². The number of piperazine rings is 1. The third kappa shape index (κ3) is 4.67. The number of nitrogens with zero attached hydrogens (tertiary/aromatic N) is 4. The predicted molar refractivity (Wildman–Crippen MR) is 122 cm³/mol. The molecule has 1 aromatic heterocycles. The van der Waals surface area contributed by atoms with Gasteiger partial charge in [-0.25, -0.2) is 17.8 Å². The molecule has 8 nitrogen and oxygen atoms in total. The minimum Gasteiger partial charge on any atom is -0.340 e. The van der Waals surface area contributed by atoms with Crippen LogP contribution in [0.3, 0.4) is 0 Å². The second-order valence-corrected chi connectivity index (χ2v) is 9.94. The van der Waals surface area contributed by atoms with Gasteiger partial charge in [0, 0.05) is 39.1 Å². The SMILES string of the molecule is Cc1cccc2c(=O)n(CCCC(=O)N3CCN(S(=O)(=O)c4ccccc4F)CC3)cnc12. The summed E-state index contributed by atoms with van der Waals surface area (Å²) in [7, 11) is -3.95. The van der Waals surface area contributed by atoms with Crippen LogP contribution in [0.2, 0.25) is 0 Å². The van der Waals surface area contributed by atoms with Crippen LogP contribution in [0.15, 0.2) is 58.5 Å². The summed E-state index contributed by atoms with van der Waals surface area (Å²) >= 11 is 0. The monoisotopic (exact) mass is 472 g/mol. The van der Waals surface area contributed by atoms with Crippen molar-refractivity contribution in [3.63, 3.8) is 0 Å². The fourth-order valence-electron chi connectivity index (χ4n) is 4.03. The molecular weight excluding hydrogens is 447 g/mol.